The van der Waals surface area contributed by atoms with Gasteiger partial charge in [-0.2, -0.15) is 5.26 Å². The van der Waals surface area contributed by atoms with Gasteiger partial charge >= 0.3 is 0 Å². The maximum absolute atomic E-state index is 12.2. The zero-order valence-electron chi connectivity index (χ0n) is 13.4. The molecule has 7 nitrogen and oxygen atoms in total. The highest BCUT2D eigenvalue weighted by Crippen LogP contribution is 2.27. The van der Waals surface area contributed by atoms with E-state index in [4.69, 9.17) is 10.5 Å². The highest BCUT2D eigenvalue weighted by atomic mass is 79.9. The second-order valence-electron chi connectivity index (χ2n) is 5.12. The normalized spacial score (nSPS) is 10.7. The largest absolute Gasteiger partial charge is 0.508 e. The van der Waals surface area contributed by atoms with Crippen LogP contribution in [-0.4, -0.2) is 23.5 Å². The predicted molar refractivity (Wildman–Crippen MR) is 99.2 cm³/mol. The number of anilines is 1. The molecule has 8 heteroatoms. The number of benzene rings is 2. The molecule has 0 atom stereocenters. The Labute approximate surface area is 157 Å². The molecule has 0 aliphatic heterocycles. The number of aromatic hydroxyl groups is 1. The summed E-state index contributed by atoms with van der Waals surface area (Å²) in [4.78, 5) is 23.0. The number of nitrogens with one attached hydrogen (secondary N) is 1. The summed E-state index contributed by atoms with van der Waals surface area (Å²) >= 11 is 3.29. The number of hydrogen-bond acceptors (Lipinski definition) is 5. The van der Waals surface area contributed by atoms with Gasteiger partial charge in [0, 0.05) is 5.69 Å². The second kappa shape index (κ2) is 8.69. The van der Waals surface area contributed by atoms with Gasteiger partial charge in [-0.1, -0.05) is 6.07 Å². The van der Waals surface area contributed by atoms with Gasteiger partial charge in [0.05, 0.1) is 4.47 Å². The molecular weight excluding hydrogens is 402 g/mol. The number of amides is 2. The van der Waals surface area contributed by atoms with E-state index in [0.29, 0.717) is 21.5 Å². The first-order valence-corrected chi connectivity index (χ1v) is 8.11. The number of halogens is 1. The van der Waals surface area contributed by atoms with Gasteiger partial charge in [-0.3, -0.25) is 9.59 Å². The molecule has 2 amide bonds. The van der Waals surface area contributed by atoms with Crippen molar-refractivity contribution in [1.29, 1.82) is 5.26 Å². The Hall–Kier alpha value is -3.31. The minimum absolute atomic E-state index is 0.0718. The summed E-state index contributed by atoms with van der Waals surface area (Å²) in [5, 5.41) is 21.1. The van der Waals surface area contributed by atoms with Gasteiger partial charge < -0.3 is 20.9 Å². The monoisotopic (exact) mass is 415 g/mol. The molecule has 26 heavy (non-hydrogen) atoms. The first kappa shape index (κ1) is 19.0. The van der Waals surface area contributed by atoms with E-state index in [0.717, 1.165) is 0 Å². The number of phenols is 1. The van der Waals surface area contributed by atoms with Crippen molar-refractivity contribution < 1.29 is 19.4 Å². The minimum Gasteiger partial charge on any atom is -0.508 e. The average molecular weight is 416 g/mol. The Morgan fingerprint density at radius 1 is 1.27 bits per heavy atom. The third-order valence-corrected chi connectivity index (χ3v) is 3.75. The molecule has 0 aromatic heterocycles. The van der Waals surface area contributed by atoms with E-state index in [1.165, 1.54) is 30.3 Å². The molecule has 0 aliphatic carbocycles. The lowest BCUT2D eigenvalue weighted by atomic mass is 10.1. The molecule has 0 spiro atoms. The maximum Gasteiger partial charge on any atom is 0.266 e. The Balaban J connectivity index is 2.15. The van der Waals surface area contributed by atoms with Crippen LogP contribution in [0.25, 0.3) is 6.08 Å². The molecule has 2 aromatic rings. The summed E-state index contributed by atoms with van der Waals surface area (Å²) in [6.45, 7) is -0.258. The number of nitrogens with two attached hydrogens (primary N) is 1. The van der Waals surface area contributed by atoms with Crippen LogP contribution in [0.5, 0.6) is 11.5 Å². The molecule has 0 radical (unpaired) electrons. The molecule has 4 N–H and O–H groups in total. The number of hydrogen-bond donors (Lipinski definition) is 3. The third-order valence-electron chi connectivity index (χ3n) is 3.13. The van der Waals surface area contributed by atoms with Crippen LogP contribution in [0.1, 0.15) is 5.56 Å². The zero-order chi connectivity index (χ0) is 19.1. The summed E-state index contributed by atoms with van der Waals surface area (Å²) in [6, 6.07) is 12.6. The summed E-state index contributed by atoms with van der Waals surface area (Å²) in [7, 11) is 0. The fourth-order valence-corrected chi connectivity index (χ4v) is 2.44. The van der Waals surface area contributed by atoms with Crippen LogP contribution in [0.3, 0.4) is 0 Å². The smallest absolute Gasteiger partial charge is 0.266 e. The first-order chi connectivity index (χ1) is 12.4. The fraction of sp³-hybridized carbons (Fsp3) is 0.0556. The topological polar surface area (TPSA) is 125 Å². The number of carbonyl (C=O) groups is 2. The molecule has 0 saturated heterocycles. The van der Waals surface area contributed by atoms with Crippen molar-refractivity contribution in [2.75, 3.05) is 11.9 Å². The van der Waals surface area contributed by atoms with Crippen LogP contribution in [0.15, 0.2) is 52.5 Å². The first-order valence-electron chi connectivity index (χ1n) is 7.32. The van der Waals surface area contributed by atoms with Crippen molar-refractivity contribution in [3.05, 3.63) is 58.1 Å². The number of rotatable bonds is 6. The summed E-state index contributed by atoms with van der Waals surface area (Å²) in [5.41, 5.74) is 5.96. The van der Waals surface area contributed by atoms with Gasteiger partial charge in [0.25, 0.3) is 11.8 Å². The highest BCUT2D eigenvalue weighted by molar-refractivity contribution is 9.10. The SMILES string of the molecule is N#C/C(=C\c1ccc(OCC(N)=O)c(Br)c1)C(=O)Nc1ccc(O)cc1. The average Bonchev–Trinajstić information content (AvgIpc) is 2.60. The van der Waals surface area contributed by atoms with Crippen LogP contribution in [0.4, 0.5) is 5.69 Å². The van der Waals surface area contributed by atoms with Gasteiger partial charge in [-0.05, 0) is 64.0 Å². The van der Waals surface area contributed by atoms with Crippen molar-refractivity contribution in [1.82, 2.24) is 0 Å². The van der Waals surface area contributed by atoms with E-state index in [2.05, 4.69) is 21.2 Å². The number of carbonyl (C=O) groups excluding carboxylic acids is 2. The van der Waals surface area contributed by atoms with Crippen molar-refractivity contribution in [3.63, 3.8) is 0 Å². The molecule has 0 saturated carbocycles. The van der Waals surface area contributed by atoms with E-state index < -0.39 is 11.8 Å². The van der Waals surface area contributed by atoms with Gasteiger partial charge in [-0.25, -0.2) is 0 Å². The maximum atomic E-state index is 12.2. The lowest BCUT2D eigenvalue weighted by molar-refractivity contribution is -0.120. The van der Waals surface area contributed by atoms with Gasteiger partial charge in [0.2, 0.25) is 0 Å². The van der Waals surface area contributed by atoms with E-state index in [1.54, 1.807) is 18.2 Å². The van der Waals surface area contributed by atoms with Crippen LogP contribution >= 0.6 is 15.9 Å². The van der Waals surface area contributed by atoms with Crippen molar-refractivity contribution in [3.8, 4) is 17.6 Å². The quantitative estimate of drug-likeness (QED) is 0.379. The lowest BCUT2D eigenvalue weighted by Gasteiger charge is -2.07. The van der Waals surface area contributed by atoms with E-state index >= 15 is 0 Å². The summed E-state index contributed by atoms with van der Waals surface area (Å²) in [6.07, 6.45) is 1.42. The number of phenolic OH excluding ortho intramolecular Hbond substituents is 1. The second-order valence-corrected chi connectivity index (χ2v) is 5.97. The van der Waals surface area contributed by atoms with Crippen LogP contribution in [-0.2, 0) is 9.59 Å². The number of ether oxygens (including phenoxy) is 1. The molecule has 0 bridgehead atoms. The molecule has 0 unspecified atom stereocenters. The molecule has 132 valence electrons. The van der Waals surface area contributed by atoms with Crippen LogP contribution < -0.4 is 15.8 Å². The Bertz CT molecular complexity index is 902. The molecule has 2 rings (SSSR count). The summed E-state index contributed by atoms with van der Waals surface area (Å²) < 4.78 is 5.76. The third kappa shape index (κ3) is 5.36. The van der Waals surface area contributed by atoms with Crippen molar-refractivity contribution in [2.45, 2.75) is 0 Å². The van der Waals surface area contributed by atoms with Gasteiger partial charge in [0.1, 0.15) is 23.1 Å². The minimum atomic E-state index is -0.599. The Morgan fingerprint density at radius 2 is 1.96 bits per heavy atom. The van der Waals surface area contributed by atoms with Crippen molar-refractivity contribution in [2.24, 2.45) is 5.73 Å². The molecule has 0 fully saturated rings. The van der Waals surface area contributed by atoms with E-state index in [1.807, 2.05) is 6.07 Å². The fourth-order valence-electron chi connectivity index (χ4n) is 1.93. The van der Waals surface area contributed by atoms with E-state index in [9.17, 15) is 20.0 Å². The highest BCUT2D eigenvalue weighted by Gasteiger charge is 2.11. The Kier molecular flexibility index (Phi) is 6.36. The Morgan fingerprint density at radius 3 is 2.54 bits per heavy atom. The lowest BCUT2D eigenvalue weighted by Crippen LogP contribution is -2.20. The number of nitrogens with zero attached hydrogens (tertiary/aromatic N) is 1. The van der Waals surface area contributed by atoms with Crippen LogP contribution in [0.2, 0.25) is 0 Å². The molecule has 0 aliphatic rings. The number of nitriles is 1. The zero-order valence-corrected chi connectivity index (χ0v) is 15.0. The van der Waals surface area contributed by atoms with Gasteiger partial charge in [-0.15, -0.1) is 0 Å². The molecular formula is C18H14BrN3O4. The standard InChI is InChI=1S/C18H14BrN3O4/c19-15-8-11(1-6-16(15)26-10-17(21)24)7-12(9-20)18(25)22-13-2-4-14(23)5-3-13/h1-8,23H,10H2,(H2,21,24)(H,22,25)/b12-7+. The van der Waals surface area contributed by atoms with Gasteiger partial charge in [0.15, 0.2) is 6.61 Å². The van der Waals surface area contributed by atoms with E-state index in [-0.39, 0.29) is 17.9 Å². The molecule has 0 heterocycles. The summed E-state index contributed by atoms with van der Waals surface area (Å²) in [5.74, 6) is -0.697. The predicted octanol–water partition coefficient (Wildman–Crippen LogP) is 2.56. The van der Waals surface area contributed by atoms with Crippen LogP contribution in [0, 0.1) is 11.3 Å². The molecule has 2 aromatic carbocycles. The number of primary amides is 1. The van der Waals surface area contributed by atoms with Crippen molar-refractivity contribution >= 4 is 39.5 Å².